The number of hydrogen-bond donors (Lipinski definition) is 3. The Balaban J connectivity index is 2.16. The molecule has 1 amide bonds. The highest BCUT2D eigenvalue weighted by molar-refractivity contribution is 5.79. The van der Waals surface area contributed by atoms with Gasteiger partial charge in [0.1, 0.15) is 5.75 Å². The smallest absolute Gasteiger partial charge is 0.224 e. The maximum Gasteiger partial charge on any atom is 0.224 e. The molecule has 0 atom stereocenters. The Labute approximate surface area is 107 Å². The molecule has 0 radical (unpaired) electrons. The number of phenols is 1. The van der Waals surface area contributed by atoms with Gasteiger partial charge in [-0.3, -0.25) is 4.79 Å². The number of hydrogen-bond acceptors (Lipinski definition) is 4. The fraction of sp³-hybridized carbons (Fsp3) is 0.462. The average molecular weight is 252 g/mol. The third-order valence-corrected chi connectivity index (χ3v) is 2.39. The van der Waals surface area contributed by atoms with Gasteiger partial charge in [0.15, 0.2) is 0 Å². The second-order valence-electron chi connectivity index (χ2n) is 3.91. The van der Waals surface area contributed by atoms with Crippen LogP contribution < -0.4 is 11.1 Å². The Bertz CT molecular complexity index is 369. The Morgan fingerprint density at radius 1 is 1.33 bits per heavy atom. The largest absolute Gasteiger partial charge is 0.508 e. The van der Waals surface area contributed by atoms with Crippen molar-refractivity contribution in [2.24, 2.45) is 5.73 Å². The monoisotopic (exact) mass is 252 g/mol. The number of phenolic OH excluding ortho intramolecular Hbond substituents is 1. The fourth-order valence-electron chi connectivity index (χ4n) is 1.48. The summed E-state index contributed by atoms with van der Waals surface area (Å²) in [5.41, 5.74) is 5.91. The number of para-hydroxylation sites is 1. The molecule has 0 heterocycles. The molecular weight excluding hydrogens is 232 g/mol. The Kier molecular flexibility index (Phi) is 6.83. The number of rotatable bonds is 8. The van der Waals surface area contributed by atoms with Crippen molar-refractivity contribution in [3.8, 4) is 5.75 Å². The molecule has 0 saturated heterocycles. The van der Waals surface area contributed by atoms with Crippen LogP contribution in [0.4, 0.5) is 0 Å². The molecule has 0 unspecified atom stereocenters. The van der Waals surface area contributed by atoms with Gasteiger partial charge in [0, 0.05) is 25.3 Å². The lowest BCUT2D eigenvalue weighted by Gasteiger charge is -2.06. The third-order valence-electron chi connectivity index (χ3n) is 2.39. The lowest BCUT2D eigenvalue weighted by Crippen LogP contribution is -2.27. The van der Waals surface area contributed by atoms with Gasteiger partial charge < -0.3 is 20.9 Å². The minimum absolute atomic E-state index is 0.102. The van der Waals surface area contributed by atoms with Crippen LogP contribution >= 0.6 is 0 Å². The Hall–Kier alpha value is -1.59. The first-order valence-corrected chi connectivity index (χ1v) is 6.05. The van der Waals surface area contributed by atoms with Crippen molar-refractivity contribution in [3.05, 3.63) is 29.8 Å². The Morgan fingerprint density at radius 2 is 2.11 bits per heavy atom. The summed E-state index contributed by atoms with van der Waals surface area (Å²) in [4.78, 5) is 11.6. The molecule has 0 saturated carbocycles. The maximum absolute atomic E-state index is 11.6. The SMILES string of the molecule is NCCOCCCNC(=O)Cc1ccccc1O. The molecule has 18 heavy (non-hydrogen) atoms. The maximum atomic E-state index is 11.6. The highest BCUT2D eigenvalue weighted by atomic mass is 16.5. The molecule has 4 N–H and O–H groups in total. The van der Waals surface area contributed by atoms with Crippen molar-refractivity contribution in [2.75, 3.05) is 26.3 Å². The molecule has 0 aliphatic heterocycles. The quantitative estimate of drug-likeness (QED) is 0.585. The van der Waals surface area contributed by atoms with E-state index < -0.39 is 0 Å². The van der Waals surface area contributed by atoms with E-state index in [1.54, 1.807) is 24.3 Å². The lowest BCUT2D eigenvalue weighted by atomic mass is 10.1. The summed E-state index contributed by atoms with van der Waals surface area (Å²) in [5.74, 6) is 0.0502. The van der Waals surface area contributed by atoms with E-state index in [-0.39, 0.29) is 18.1 Å². The summed E-state index contributed by atoms with van der Waals surface area (Å²) in [7, 11) is 0. The first-order chi connectivity index (χ1) is 8.74. The van der Waals surface area contributed by atoms with Crippen molar-refractivity contribution in [3.63, 3.8) is 0 Å². The average Bonchev–Trinajstić information content (AvgIpc) is 2.36. The second kappa shape index (κ2) is 8.49. The zero-order valence-electron chi connectivity index (χ0n) is 10.4. The number of benzene rings is 1. The number of nitrogens with two attached hydrogens (primary N) is 1. The number of carbonyl (C=O) groups is 1. The first kappa shape index (κ1) is 14.5. The van der Waals surface area contributed by atoms with E-state index in [1.165, 1.54) is 0 Å². The molecule has 0 fully saturated rings. The molecule has 1 rings (SSSR count). The zero-order chi connectivity index (χ0) is 13.2. The van der Waals surface area contributed by atoms with Gasteiger partial charge in [-0.2, -0.15) is 0 Å². The van der Waals surface area contributed by atoms with Crippen LogP contribution in [0.25, 0.3) is 0 Å². The highest BCUT2D eigenvalue weighted by Gasteiger charge is 2.05. The van der Waals surface area contributed by atoms with Gasteiger partial charge in [0.05, 0.1) is 13.0 Å². The van der Waals surface area contributed by atoms with Gasteiger partial charge in [0.2, 0.25) is 5.91 Å². The van der Waals surface area contributed by atoms with Crippen LogP contribution in [-0.4, -0.2) is 37.3 Å². The van der Waals surface area contributed by atoms with Crippen molar-refractivity contribution < 1.29 is 14.6 Å². The van der Waals surface area contributed by atoms with Gasteiger partial charge in [-0.25, -0.2) is 0 Å². The van der Waals surface area contributed by atoms with Crippen LogP contribution in [0.3, 0.4) is 0 Å². The van der Waals surface area contributed by atoms with E-state index >= 15 is 0 Å². The molecule has 1 aromatic carbocycles. The number of amides is 1. The van der Waals surface area contributed by atoms with Crippen LogP contribution in [-0.2, 0) is 16.0 Å². The van der Waals surface area contributed by atoms with Crippen molar-refractivity contribution in [1.82, 2.24) is 5.32 Å². The van der Waals surface area contributed by atoms with Crippen molar-refractivity contribution in [2.45, 2.75) is 12.8 Å². The predicted octanol–water partition coefficient (Wildman–Crippen LogP) is 0.416. The molecule has 100 valence electrons. The van der Waals surface area contributed by atoms with Gasteiger partial charge >= 0.3 is 0 Å². The van der Waals surface area contributed by atoms with Crippen LogP contribution in [0.5, 0.6) is 5.75 Å². The minimum Gasteiger partial charge on any atom is -0.508 e. The van der Waals surface area contributed by atoms with Gasteiger partial charge in [-0.05, 0) is 12.5 Å². The van der Waals surface area contributed by atoms with Crippen LogP contribution in [0, 0.1) is 0 Å². The van der Waals surface area contributed by atoms with E-state index in [4.69, 9.17) is 10.5 Å². The van der Waals surface area contributed by atoms with Gasteiger partial charge in [-0.15, -0.1) is 0 Å². The first-order valence-electron chi connectivity index (χ1n) is 6.05. The van der Waals surface area contributed by atoms with E-state index in [1.807, 2.05) is 0 Å². The summed E-state index contributed by atoms with van der Waals surface area (Å²) in [6, 6.07) is 6.83. The zero-order valence-corrected chi connectivity index (χ0v) is 10.4. The molecule has 0 spiro atoms. The topological polar surface area (TPSA) is 84.6 Å². The van der Waals surface area contributed by atoms with Crippen molar-refractivity contribution in [1.29, 1.82) is 0 Å². The predicted molar refractivity (Wildman–Crippen MR) is 69.3 cm³/mol. The normalized spacial score (nSPS) is 10.3. The molecule has 0 aromatic heterocycles. The molecule has 1 aromatic rings. The van der Waals surface area contributed by atoms with E-state index in [9.17, 15) is 9.90 Å². The van der Waals surface area contributed by atoms with Crippen LogP contribution in [0.2, 0.25) is 0 Å². The summed E-state index contributed by atoms with van der Waals surface area (Å²) >= 11 is 0. The van der Waals surface area contributed by atoms with Crippen LogP contribution in [0.1, 0.15) is 12.0 Å². The summed E-state index contributed by atoms with van der Waals surface area (Å²) < 4.78 is 5.19. The molecule has 0 aliphatic rings. The number of ether oxygens (including phenoxy) is 1. The third kappa shape index (κ3) is 5.65. The standard InChI is InChI=1S/C13H20N2O3/c14-6-9-18-8-3-7-15-13(17)10-11-4-1-2-5-12(11)16/h1-2,4-5,16H,3,6-10,14H2,(H,15,17). The van der Waals surface area contributed by atoms with E-state index in [0.29, 0.717) is 31.9 Å². The Morgan fingerprint density at radius 3 is 2.83 bits per heavy atom. The van der Waals surface area contributed by atoms with Crippen molar-refractivity contribution >= 4 is 5.91 Å². The fourth-order valence-corrected chi connectivity index (χ4v) is 1.48. The number of nitrogens with one attached hydrogen (secondary N) is 1. The highest BCUT2D eigenvalue weighted by Crippen LogP contribution is 2.15. The number of aromatic hydroxyl groups is 1. The summed E-state index contributed by atoms with van der Waals surface area (Å²) in [6.07, 6.45) is 0.947. The van der Waals surface area contributed by atoms with Gasteiger partial charge in [0.25, 0.3) is 0 Å². The molecule has 5 heteroatoms. The van der Waals surface area contributed by atoms with E-state index in [2.05, 4.69) is 5.32 Å². The molecule has 0 bridgehead atoms. The summed E-state index contributed by atoms with van der Waals surface area (Å²) in [5, 5.41) is 12.3. The second-order valence-corrected chi connectivity index (χ2v) is 3.91. The lowest BCUT2D eigenvalue weighted by molar-refractivity contribution is -0.120. The van der Waals surface area contributed by atoms with Crippen LogP contribution in [0.15, 0.2) is 24.3 Å². The minimum atomic E-state index is -0.102. The molecular formula is C13H20N2O3. The number of carbonyl (C=O) groups excluding carboxylic acids is 1. The molecule has 5 nitrogen and oxygen atoms in total. The summed E-state index contributed by atoms with van der Waals surface area (Å²) in [6.45, 7) is 2.22. The molecule has 0 aliphatic carbocycles. The van der Waals surface area contributed by atoms with Gasteiger partial charge in [-0.1, -0.05) is 18.2 Å². The van der Waals surface area contributed by atoms with E-state index in [0.717, 1.165) is 6.42 Å².